The molecule has 7 nitrogen and oxygen atoms in total. The molecular weight excluding hydrogens is 240 g/mol. The van der Waals surface area contributed by atoms with Crippen molar-refractivity contribution in [3.63, 3.8) is 0 Å². The third-order valence-electron chi connectivity index (χ3n) is 2.83. The summed E-state index contributed by atoms with van der Waals surface area (Å²) in [6.45, 7) is -0.434. The highest BCUT2D eigenvalue weighted by atomic mass is 16.6. The number of rotatable bonds is 2. The van der Waals surface area contributed by atoms with Gasteiger partial charge in [0.1, 0.15) is 30.1 Å². The van der Waals surface area contributed by atoms with Gasteiger partial charge in [-0.15, -0.1) is 6.42 Å². The zero-order valence-corrected chi connectivity index (χ0v) is 9.28. The molecule has 0 radical (unpaired) electrons. The van der Waals surface area contributed by atoms with Crippen molar-refractivity contribution in [2.45, 2.75) is 24.4 Å². The van der Waals surface area contributed by atoms with E-state index in [0.717, 1.165) is 0 Å². The predicted molar refractivity (Wildman–Crippen MR) is 59.5 cm³/mol. The molecule has 0 amide bonds. The average molecular weight is 252 g/mol. The minimum atomic E-state index is -1.25. The van der Waals surface area contributed by atoms with Crippen LogP contribution in [-0.4, -0.2) is 50.2 Å². The second-order valence-electron chi connectivity index (χ2n) is 3.92. The van der Waals surface area contributed by atoms with Gasteiger partial charge in [-0.25, -0.2) is 9.78 Å². The van der Waals surface area contributed by atoms with Crippen molar-refractivity contribution in [3.8, 4) is 12.3 Å². The third-order valence-corrected chi connectivity index (χ3v) is 2.83. The Bertz CT molecular complexity index is 535. The standard InChI is InChI=1S/C11H12N2O5/c1-2-6-5(3-12-11(17)13-6)10-9(16)8(15)7(4-14)18-10/h1,3,7-10,14-16H,4H2,(H,12,13,17)/t7-,8?,9+,10+/m1/s1. The molecule has 0 aromatic carbocycles. The summed E-state index contributed by atoms with van der Waals surface area (Å²) in [4.78, 5) is 16.9. The summed E-state index contributed by atoms with van der Waals surface area (Å²) >= 11 is 0. The zero-order chi connectivity index (χ0) is 13.3. The van der Waals surface area contributed by atoms with Crippen LogP contribution in [0.15, 0.2) is 11.0 Å². The monoisotopic (exact) mass is 252 g/mol. The maximum Gasteiger partial charge on any atom is 0.345 e. The molecule has 1 aliphatic rings. The number of hydrogen-bond acceptors (Lipinski definition) is 6. The summed E-state index contributed by atoms with van der Waals surface area (Å²) in [6.07, 6.45) is 2.12. The van der Waals surface area contributed by atoms with Crippen molar-refractivity contribution in [1.82, 2.24) is 9.97 Å². The predicted octanol–water partition coefficient (Wildman–Crippen LogP) is -2.09. The van der Waals surface area contributed by atoms with E-state index in [1.54, 1.807) is 0 Å². The van der Waals surface area contributed by atoms with Crippen LogP contribution in [0.25, 0.3) is 0 Å². The van der Waals surface area contributed by atoms with E-state index in [4.69, 9.17) is 16.3 Å². The lowest BCUT2D eigenvalue weighted by Gasteiger charge is -2.15. The highest BCUT2D eigenvalue weighted by Crippen LogP contribution is 2.33. The van der Waals surface area contributed by atoms with Gasteiger partial charge in [0.25, 0.3) is 0 Å². The highest BCUT2D eigenvalue weighted by molar-refractivity contribution is 5.34. The van der Waals surface area contributed by atoms with E-state index in [0.29, 0.717) is 5.56 Å². The van der Waals surface area contributed by atoms with E-state index in [2.05, 4.69) is 15.9 Å². The van der Waals surface area contributed by atoms with Gasteiger partial charge in [0.15, 0.2) is 0 Å². The van der Waals surface area contributed by atoms with Gasteiger partial charge in [-0.05, 0) is 0 Å². The molecular formula is C11H12N2O5. The topological polar surface area (TPSA) is 116 Å². The van der Waals surface area contributed by atoms with E-state index in [1.165, 1.54) is 6.20 Å². The van der Waals surface area contributed by atoms with Crippen molar-refractivity contribution in [2.75, 3.05) is 6.61 Å². The molecule has 1 unspecified atom stereocenters. The van der Waals surface area contributed by atoms with Crippen molar-refractivity contribution in [3.05, 3.63) is 27.9 Å². The molecule has 1 fully saturated rings. The molecule has 96 valence electrons. The highest BCUT2D eigenvalue weighted by Gasteiger charge is 2.44. The van der Waals surface area contributed by atoms with Gasteiger partial charge < -0.3 is 20.1 Å². The van der Waals surface area contributed by atoms with Crippen LogP contribution >= 0.6 is 0 Å². The molecule has 0 bridgehead atoms. The van der Waals surface area contributed by atoms with Gasteiger partial charge >= 0.3 is 5.69 Å². The molecule has 1 saturated heterocycles. The summed E-state index contributed by atoms with van der Waals surface area (Å²) < 4.78 is 5.30. The molecule has 7 heteroatoms. The second-order valence-corrected chi connectivity index (χ2v) is 3.92. The lowest BCUT2D eigenvalue weighted by molar-refractivity contribution is -0.0230. The molecule has 0 aliphatic carbocycles. The van der Waals surface area contributed by atoms with Crippen molar-refractivity contribution in [2.24, 2.45) is 0 Å². The number of aliphatic hydroxyl groups excluding tert-OH is 3. The first kappa shape index (κ1) is 12.7. The number of ether oxygens (including phenoxy) is 1. The normalized spacial score (nSPS) is 31.2. The number of H-pyrrole nitrogens is 1. The molecule has 1 aromatic heterocycles. The van der Waals surface area contributed by atoms with Gasteiger partial charge in [-0.2, -0.15) is 0 Å². The summed E-state index contributed by atoms with van der Waals surface area (Å²) in [5.74, 6) is 2.25. The van der Waals surface area contributed by atoms with Crippen LogP contribution in [0, 0.1) is 12.3 Å². The molecule has 1 aliphatic heterocycles. The summed E-state index contributed by atoms with van der Waals surface area (Å²) in [5.41, 5.74) is -0.192. The van der Waals surface area contributed by atoms with E-state index >= 15 is 0 Å². The zero-order valence-electron chi connectivity index (χ0n) is 9.28. The van der Waals surface area contributed by atoms with Crippen LogP contribution < -0.4 is 5.69 Å². The Kier molecular flexibility index (Phi) is 3.45. The molecule has 18 heavy (non-hydrogen) atoms. The Hall–Kier alpha value is -1.72. The quantitative estimate of drug-likeness (QED) is 0.448. The van der Waals surface area contributed by atoms with Gasteiger partial charge in [-0.3, -0.25) is 4.98 Å². The van der Waals surface area contributed by atoms with E-state index < -0.39 is 36.7 Å². The first-order valence-electron chi connectivity index (χ1n) is 5.26. The van der Waals surface area contributed by atoms with Crippen LogP contribution in [0.3, 0.4) is 0 Å². The second kappa shape index (κ2) is 4.88. The Morgan fingerprint density at radius 1 is 1.50 bits per heavy atom. The largest absolute Gasteiger partial charge is 0.394 e. The van der Waals surface area contributed by atoms with Crippen LogP contribution in [0.1, 0.15) is 17.4 Å². The molecule has 1 aromatic rings. The molecule has 0 spiro atoms. The van der Waals surface area contributed by atoms with Crippen molar-refractivity contribution >= 4 is 0 Å². The lowest BCUT2D eigenvalue weighted by atomic mass is 10.0. The average Bonchev–Trinajstić information content (AvgIpc) is 2.66. The SMILES string of the molecule is C#Cc1[nH]c(=O)ncc1[C@@H]1O[C@H](CO)C(O)[C@@H]1O. The van der Waals surface area contributed by atoms with Crippen LogP contribution in [0.4, 0.5) is 0 Å². The Labute approximate surface area is 102 Å². The fourth-order valence-corrected chi connectivity index (χ4v) is 1.90. The fraction of sp³-hybridized carbons (Fsp3) is 0.455. The summed E-state index contributed by atoms with van der Waals surface area (Å²) in [5, 5.41) is 28.4. The maximum absolute atomic E-state index is 11.0. The van der Waals surface area contributed by atoms with Crippen LogP contribution in [0.2, 0.25) is 0 Å². The first-order chi connectivity index (χ1) is 8.58. The van der Waals surface area contributed by atoms with Crippen molar-refractivity contribution in [1.29, 1.82) is 0 Å². The lowest BCUT2D eigenvalue weighted by Crippen LogP contribution is -2.32. The molecule has 2 heterocycles. The van der Waals surface area contributed by atoms with E-state index in [-0.39, 0.29) is 5.69 Å². The molecule has 4 atom stereocenters. The smallest absolute Gasteiger partial charge is 0.345 e. The molecule has 4 N–H and O–H groups in total. The number of aliphatic hydroxyl groups is 3. The third kappa shape index (κ3) is 2.02. The Morgan fingerprint density at radius 3 is 2.78 bits per heavy atom. The van der Waals surface area contributed by atoms with E-state index in [9.17, 15) is 15.0 Å². The van der Waals surface area contributed by atoms with Gasteiger partial charge in [0.2, 0.25) is 0 Å². The number of aromatic amines is 1. The number of hydrogen-bond donors (Lipinski definition) is 4. The fourth-order valence-electron chi connectivity index (χ4n) is 1.90. The van der Waals surface area contributed by atoms with Gasteiger partial charge in [0.05, 0.1) is 6.61 Å². The maximum atomic E-state index is 11.0. The number of aromatic nitrogens is 2. The van der Waals surface area contributed by atoms with Crippen molar-refractivity contribution < 1.29 is 20.1 Å². The number of nitrogens with one attached hydrogen (secondary N) is 1. The number of nitrogens with zero attached hydrogens (tertiary/aromatic N) is 1. The Morgan fingerprint density at radius 2 is 2.22 bits per heavy atom. The minimum Gasteiger partial charge on any atom is -0.394 e. The van der Waals surface area contributed by atoms with E-state index in [1.807, 2.05) is 0 Å². The first-order valence-corrected chi connectivity index (χ1v) is 5.26. The summed E-state index contributed by atoms with van der Waals surface area (Å²) in [7, 11) is 0. The Balaban J connectivity index is 2.39. The molecule has 2 rings (SSSR count). The van der Waals surface area contributed by atoms with Crippen LogP contribution in [0.5, 0.6) is 0 Å². The summed E-state index contributed by atoms with van der Waals surface area (Å²) in [6, 6.07) is 0. The molecule has 0 saturated carbocycles. The van der Waals surface area contributed by atoms with Gasteiger partial charge in [-0.1, -0.05) is 5.92 Å². The number of terminal acetylenes is 1. The van der Waals surface area contributed by atoms with Gasteiger partial charge in [0, 0.05) is 11.8 Å². The van der Waals surface area contributed by atoms with Crippen LogP contribution in [-0.2, 0) is 4.74 Å². The minimum absolute atomic E-state index is 0.129.